The first-order valence-corrected chi connectivity index (χ1v) is 8.45. The van der Waals surface area contributed by atoms with Crippen LogP contribution in [0.25, 0.3) is 0 Å². The fourth-order valence-electron chi connectivity index (χ4n) is 2.46. The van der Waals surface area contributed by atoms with Gasteiger partial charge < -0.3 is 10.1 Å². The maximum absolute atomic E-state index is 12.5. The van der Waals surface area contributed by atoms with E-state index < -0.39 is 12.7 Å². The molecule has 3 nitrogen and oxygen atoms in total. The topological polar surface area (TPSA) is 38.3 Å². The second-order valence-electron chi connectivity index (χ2n) is 5.24. The van der Waals surface area contributed by atoms with Gasteiger partial charge in [0.1, 0.15) is 5.75 Å². The summed E-state index contributed by atoms with van der Waals surface area (Å²) >= 11 is 1.36. The molecule has 1 aromatic heterocycles. The molecule has 6 heteroatoms. The summed E-state index contributed by atoms with van der Waals surface area (Å²) in [6, 6.07) is 18.9. The van der Waals surface area contributed by atoms with E-state index in [0.717, 1.165) is 11.1 Å². The number of benzene rings is 2. The maximum atomic E-state index is 12.5. The van der Waals surface area contributed by atoms with E-state index in [4.69, 9.17) is 0 Å². The van der Waals surface area contributed by atoms with E-state index in [9.17, 15) is 13.6 Å². The summed E-state index contributed by atoms with van der Waals surface area (Å²) in [7, 11) is 0. The van der Waals surface area contributed by atoms with Crippen LogP contribution in [0, 0.1) is 0 Å². The van der Waals surface area contributed by atoms with E-state index in [1.165, 1.54) is 23.5 Å². The van der Waals surface area contributed by atoms with Crippen LogP contribution < -0.4 is 10.1 Å². The van der Waals surface area contributed by atoms with Crippen molar-refractivity contribution in [1.82, 2.24) is 5.32 Å². The van der Waals surface area contributed by atoms with Crippen LogP contribution in [0.2, 0.25) is 0 Å². The summed E-state index contributed by atoms with van der Waals surface area (Å²) in [6.45, 7) is -2.87. The third-order valence-electron chi connectivity index (χ3n) is 3.59. The van der Waals surface area contributed by atoms with Gasteiger partial charge in [-0.05, 0) is 34.7 Å². The lowest BCUT2D eigenvalue weighted by atomic mass is 9.98. The third-order valence-corrected chi connectivity index (χ3v) is 4.46. The monoisotopic (exact) mass is 359 g/mol. The smallest absolute Gasteiger partial charge is 0.387 e. The Labute approximate surface area is 147 Å². The molecule has 1 amide bonds. The van der Waals surface area contributed by atoms with Crippen molar-refractivity contribution in [3.05, 3.63) is 88.1 Å². The number of ether oxygens (including phenoxy) is 1. The SMILES string of the molecule is O=C(N[C@@H](c1ccccc1)c1ccc(OC(F)F)cc1)c1cccs1. The lowest BCUT2D eigenvalue weighted by molar-refractivity contribution is -0.0498. The lowest BCUT2D eigenvalue weighted by Gasteiger charge is -2.20. The maximum Gasteiger partial charge on any atom is 0.387 e. The van der Waals surface area contributed by atoms with E-state index in [0.29, 0.717) is 4.88 Å². The summed E-state index contributed by atoms with van der Waals surface area (Å²) in [6.07, 6.45) is 0. The number of carbonyl (C=O) groups excluding carboxylic acids is 1. The van der Waals surface area contributed by atoms with Gasteiger partial charge in [0.15, 0.2) is 0 Å². The molecule has 25 heavy (non-hydrogen) atoms. The highest BCUT2D eigenvalue weighted by Crippen LogP contribution is 2.25. The number of thiophene rings is 1. The molecule has 0 spiro atoms. The first-order valence-electron chi connectivity index (χ1n) is 7.57. The molecule has 0 radical (unpaired) electrons. The van der Waals surface area contributed by atoms with Crippen molar-refractivity contribution in [1.29, 1.82) is 0 Å². The van der Waals surface area contributed by atoms with Crippen molar-refractivity contribution >= 4 is 17.2 Å². The van der Waals surface area contributed by atoms with Gasteiger partial charge in [0.05, 0.1) is 10.9 Å². The van der Waals surface area contributed by atoms with Crippen LogP contribution in [-0.2, 0) is 0 Å². The van der Waals surface area contributed by atoms with Gasteiger partial charge in [-0.25, -0.2) is 0 Å². The molecule has 0 bridgehead atoms. The molecule has 3 rings (SSSR count). The molecule has 0 aliphatic carbocycles. The quantitative estimate of drug-likeness (QED) is 0.682. The van der Waals surface area contributed by atoms with Crippen molar-refractivity contribution in [2.45, 2.75) is 12.7 Å². The van der Waals surface area contributed by atoms with Crippen molar-refractivity contribution in [3.63, 3.8) is 0 Å². The first-order chi connectivity index (χ1) is 12.1. The Morgan fingerprint density at radius 1 is 0.920 bits per heavy atom. The van der Waals surface area contributed by atoms with Gasteiger partial charge in [-0.15, -0.1) is 11.3 Å². The number of carbonyl (C=O) groups is 1. The zero-order chi connectivity index (χ0) is 17.6. The number of halogens is 2. The van der Waals surface area contributed by atoms with E-state index in [-0.39, 0.29) is 11.7 Å². The summed E-state index contributed by atoms with van der Waals surface area (Å²) < 4.78 is 29.0. The molecule has 0 saturated carbocycles. The molecular formula is C19H15F2NO2S. The molecule has 0 unspecified atom stereocenters. The zero-order valence-corrected chi connectivity index (χ0v) is 13.9. The molecular weight excluding hydrogens is 344 g/mol. The summed E-state index contributed by atoms with van der Waals surface area (Å²) in [5, 5.41) is 4.83. The number of amides is 1. The van der Waals surface area contributed by atoms with Crippen LogP contribution in [0.5, 0.6) is 5.75 Å². The molecule has 1 atom stereocenters. The van der Waals surface area contributed by atoms with Crippen LogP contribution in [0.15, 0.2) is 72.1 Å². The molecule has 2 aromatic carbocycles. The van der Waals surface area contributed by atoms with E-state index >= 15 is 0 Å². The standard InChI is InChI=1S/C19H15F2NO2S/c20-19(21)24-15-10-8-14(9-11-15)17(13-5-2-1-3-6-13)22-18(23)16-7-4-12-25-16/h1-12,17,19H,(H,22,23)/t17-/m0/s1. The minimum absolute atomic E-state index is 0.0788. The number of alkyl halides is 2. The van der Waals surface area contributed by atoms with E-state index in [2.05, 4.69) is 10.1 Å². The molecule has 0 aliphatic heterocycles. The molecule has 0 aliphatic rings. The van der Waals surface area contributed by atoms with Crippen molar-refractivity contribution in [2.75, 3.05) is 0 Å². The Morgan fingerprint density at radius 3 is 2.20 bits per heavy atom. The van der Waals surface area contributed by atoms with E-state index in [1.807, 2.05) is 41.8 Å². The minimum atomic E-state index is -2.87. The predicted molar refractivity (Wildman–Crippen MR) is 93.1 cm³/mol. The van der Waals surface area contributed by atoms with E-state index in [1.54, 1.807) is 18.2 Å². The summed E-state index contributed by atoms with van der Waals surface area (Å²) in [4.78, 5) is 13.1. The van der Waals surface area contributed by atoms with Crippen LogP contribution in [0.3, 0.4) is 0 Å². The average molecular weight is 359 g/mol. The second-order valence-corrected chi connectivity index (χ2v) is 6.19. The van der Waals surface area contributed by atoms with Crippen molar-refractivity contribution in [3.8, 4) is 5.75 Å². The predicted octanol–water partition coefficient (Wildman–Crippen LogP) is 4.87. The number of hydrogen-bond donors (Lipinski definition) is 1. The lowest BCUT2D eigenvalue weighted by Crippen LogP contribution is -2.28. The molecule has 1 N–H and O–H groups in total. The molecule has 3 aromatic rings. The van der Waals surface area contributed by atoms with Crippen LogP contribution in [0.4, 0.5) is 8.78 Å². The number of hydrogen-bond acceptors (Lipinski definition) is 3. The van der Waals surface area contributed by atoms with Gasteiger partial charge in [-0.2, -0.15) is 8.78 Å². The molecule has 0 saturated heterocycles. The Morgan fingerprint density at radius 2 is 1.60 bits per heavy atom. The highest BCUT2D eigenvalue weighted by molar-refractivity contribution is 7.12. The highest BCUT2D eigenvalue weighted by atomic mass is 32.1. The molecule has 0 fully saturated rings. The fourth-order valence-corrected chi connectivity index (χ4v) is 3.08. The van der Waals surface area contributed by atoms with Gasteiger partial charge in [0.2, 0.25) is 0 Å². The van der Waals surface area contributed by atoms with Gasteiger partial charge in [-0.1, -0.05) is 48.5 Å². The van der Waals surface area contributed by atoms with Gasteiger partial charge in [-0.3, -0.25) is 4.79 Å². The van der Waals surface area contributed by atoms with Gasteiger partial charge >= 0.3 is 6.61 Å². The Kier molecular flexibility index (Phi) is 5.40. The van der Waals surface area contributed by atoms with Gasteiger partial charge in [0.25, 0.3) is 5.91 Å². The molecule has 128 valence electrons. The normalized spacial score (nSPS) is 12.0. The fraction of sp³-hybridized carbons (Fsp3) is 0.105. The second kappa shape index (κ2) is 7.90. The van der Waals surface area contributed by atoms with Crippen LogP contribution in [-0.4, -0.2) is 12.5 Å². The van der Waals surface area contributed by atoms with Crippen LogP contribution >= 0.6 is 11.3 Å². The van der Waals surface area contributed by atoms with Crippen molar-refractivity contribution in [2.24, 2.45) is 0 Å². The molecule has 1 heterocycles. The van der Waals surface area contributed by atoms with Crippen LogP contribution in [0.1, 0.15) is 26.8 Å². The minimum Gasteiger partial charge on any atom is -0.435 e. The Balaban J connectivity index is 1.87. The van der Waals surface area contributed by atoms with Gasteiger partial charge in [0, 0.05) is 0 Å². The summed E-state index contributed by atoms with van der Waals surface area (Å²) in [5.41, 5.74) is 1.67. The Hall–Kier alpha value is -2.73. The summed E-state index contributed by atoms with van der Waals surface area (Å²) in [5.74, 6) is -0.105. The number of nitrogens with one attached hydrogen (secondary N) is 1. The first kappa shape index (κ1) is 17.1. The Bertz CT molecular complexity index is 805. The van der Waals surface area contributed by atoms with Crippen molar-refractivity contribution < 1.29 is 18.3 Å². The highest BCUT2D eigenvalue weighted by Gasteiger charge is 2.18. The zero-order valence-electron chi connectivity index (χ0n) is 13.1. The largest absolute Gasteiger partial charge is 0.435 e. The number of rotatable bonds is 6. The average Bonchev–Trinajstić information content (AvgIpc) is 3.15. The third kappa shape index (κ3) is 4.42.